The molecule has 0 aliphatic carbocycles. The number of oxazole rings is 1. The Morgan fingerprint density at radius 3 is 2.69 bits per heavy atom. The van der Waals surface area contributed by atoms with Gasteiger partial charge in [-0.05, 0) is 59.3 Å². The first kappa shape index (κ1) is 18.8. The van der Waals surface area contributed by atoms with Crippen LogP contribution in [0.25, 0.3) is 22.6 Å². The van der Waals surface area contributed by atoms with Crippen molar-refractivity contribution in [1.82, 2.24) is 4.98 Å². The van der Waals surface area contributed by atoms with E-state index in [-0.39, 0.29) is 11.3 Å². The highest BCUT2D eigenvalue weighted by Crippen LogP contribution is 2.31. The molecule has 0 bridgehead atoms. The van der Waals surface area contributed by atoms with Crippen LogP contribution in [0, 0.1) is 17.0 Å². The number of nitro groups is 1. The Kier molecular flexibility index (Phi) is 4.85. The third-order valence-corrected chi connectivity index (χ3v) is 5.19. The zero-order chi connectivity index (χ0) is 20.5. The van der Waals surface area contributed by atoms with E-state index < -0.39 is 10.8 Å². The molecular formula is C21H14BrN3O4. The topological polar surface area (TPSA) is 98.3 Å². The number of hydrogen-bond acceptors (Lipinski definition) is 5. The van der Waals surface area contributed by atoms with Crippen molar-refractivity contribution in [1.29, 1.82) is 0 Å². The molecule has 7 nitrogen and oxygen atoms in total. The third-order valence-electron chi connectivity index (χ3n) is 4.50. The van der Waals surface area contributed by atoms with Crippen molar-refractivity contribution in [3.8, 4) is 11.5 Å². The standard InChI is InChI=1S/C21H14BrN3O4/c1-12-14(6-4-8-18(12)25(27)28)20(26)23-13-9-10-19-17(11-13)24-21(29-19)15-5-2-3-7-16(15)22/h2-11H,1H3,(H,23,26). The lowest BCUT2D eigenvalue weighted by molar-refractivity contribution is -0.385. The number of nitrogens with zero attached hydrogens (tertiary/aromatic N) is 2. The number of rotatable bonds is 4. The molecule has 1 heterocycles. The highest BCUT2D eigenvalue weighted by molar-refractivity contribution is 9.10. The van der Waals surface area contributed by atoms with E-state index in [1.807, 2.05) is 24.3 Å². The van der Waals surface area contributed by atoms with Crippen molar-refractivity contribution < 1.29 is 14.1 Å². The number of halogens is 1. The van der Waals surface area contributed by atoms with Gasteiger partial charge in [0.25, 0.3) is 11.6 Å². The van der Waals surface area contributed by atoms with Gasteiger partial charge in [-0.25, -0.2) is 4.98 Å². The quantitative estimate of drug-likeness (QED) is 0.315. The summed E-state index contributed by atoms with van der Waals surface area (Å²) in [6, 6.07) is 17.1. The minimum absolute atomic E-state index is 0.0947. The maximum absolute atomic E-state index is 12.6. The molecule has 0 aliphatic rings. The van der Waals surface area contributed by atoms with Crippen LogP contribution in [0.4, 0.5) is 11.4 Å². The van der Waals surface area contributed by atoms with E-state index in [9.17, 15) is 14.9 Å². The first-order valence-electron chi connectivity index (χ1n) is 8.65. The molecule has 3 aromatic carbocycles. The normalized spacial score (nSPS) is 10.8. The Labute approximate surface area is 173 Å². The fraction of sp³-hybridized carbons (Fsp3) is 0.0476. The van der Waals surface area contributed by atoms with Gasteiger partial charge in [0, 0.05) is 27.4 Å². The lowest BCUT2D eigenvalue weighted by Gasteiger charge is -2.07. The number of hydrogen-bond donors (Lipinski definition) is 1. The lowest BCUT2D eigenvalue weighted by Crippen LogP contribution is -2.14. The zero-order valence-electron chi connectivity index (χ0n) is 15.2. The maximum Gasteiger partial charge on any atom is 0.273 e. The van der Waals surface area contributed by atoms with E-state index >= 15 is 0 Å². The van der Waals surface area contributed by atoms with Gasteiger partial charge < -0.3 is 9.73 Å². The van der Waals surface area contributed by atoms with E-state index in [1.165, 1.54) is 12.1 Å². The van der Waals surface area contributed by atoms with Crippen LogP contribution in [0.15, 0.2) is 69.6 Å². The second kappa shape index (κ2) is 7.48. The lowest BCUT2D eigenvalue weighted by atomic mass is 10.1. The smallest absolute Gasteiger partial charge is 0.273 e. The van der Waals surface area contributed by atoms with Crippen LogP contribution in [0.5, 0.6) is 0 Å². The van der Waals surface area contributed by atoms with Crippen molar-refractivity contribution in [2.45, 2.75) is 6.92 Å². The molecule has 1 aromatic heterocycles. The molecule has 29 heavy (non-hydrogen) atoms. The summed E-state index contributed by atoms with van der Waals surface area (Å²) < 4.78 is 6.67. The average Bonchev–Trinajstić information content (AvgIpc) is 3.11. The van der Waals surface area contributed by atoms with E-state index in [2.05, 4.69) is 26.2 Å². The highest BCUT2D eigenvalue weighted by Gasteiger charge is 2.18. The summed E-state index contributed by atoms with van der Waals surface area (Å²) >= 11 is 3.48. The first-order chi connectivity index (χ1) is 13.9. The van der Waals surface area contributed by atoms with E-state index in [4.69, 9.17) is 4.42 Å². The molecule has 0 saturated carbocycles. The van der Waals surface area contributed by atoms with Gasteiger partial charge in [0.15, 0.2) is 5.58 Å². The molecular weight excluding hydrogens is 438 g/mol. The minimum atomic E-state index is -0.503. The van der Waals surface area contributed by atoms with Crippen molar-refractivity contribution in [2.75, 3.05) is 5.32 Å². The van der Waals surface area contributed by atoms with Gasteiger partial charge in [-0.2, -0.15) is 0 Å². The predicted molar refractivity (Wildman–Crippen MR) is 113 cm³/mol. The molecule has 0 saturated heterocycles. The number of amides is 1. The molecule has 0 spiro atoms. The van der Waals surface area contributed by atoms with Crippen molar-refractivity contribution in [2.24, 2.45) is 0 Å². The molecule has 0 atom stereocenters. The number of nitro benzene ring substituents is 1. The fourth-order valence-electron chi connectivity index (χ4n) is 3.02. The summed E-state index contributed by atoms with van der Waals surface area (Å²) in [7, 11) is 0. The summed E-state index contributed by atoms with van der Waals surface area (Å²) in [5, 5.41) is 13.9. The number of carbonyl (C=O) groups is 1. The number of benzene rings is 3. The molecule has 0 aliphatic heterocycles. The SMILES string of the molecule is Cc1c(C(=O)Nc2ccc3oc(-c4ccccc4Br)nc3c2)cccc1[N+](=O)[O-]. The number of nitrogens with one attached hydrogen (secondary N) is 1. The van der Waals surface area contributed by atoms with Crippen molar-refractivity contribution >= 4 is 44.3 Å². The number of anilines is 1. The number of carbonyl (C=O) groups excluding carboxylic acids is 1. The van der Waals surface area contributed by atoms with Gasteiger partial charge in [-0.3, -0.25) is 14.9 Å². The van der Waals surface area contributed by atoms with Crippen LogP contribution < -0.4 is 5.32 Å². The number of fused-ring (bicyclic) bond motifs is 1. The predicted octanol–water partition coefficient (Wildman–Crippen LogP) is 5.73. The summed E-state index contributed by atoms with van der Waals surface area (Å²) in [6.07, 6.45) is 0. The van der Waals surface area contributed by atoms with Crippen LogP contribution in [-0.2, 0) is 0 Å². The van der Waals surface area contributed by atoms with Crippen LogP contribution in [0.1, 0.15) is 15.9 Å². The monoisotopic (exact) mass is 451 g/mol. The molecule has 144 valence electrons. The van der Waals surface area contributed by atoms with E-state index in [1.54, 1.807) is 31.2 Å². The summed E-state index contributed by atoms with van der Waals surface area (Å²) in [4.78, 5) is 27.7. The van der Waals surface area contributed by atoms with Gasteiger partial charge in [0.05, 0.1) is 10.5 Å². The fourth-order valence-corrected chi connectivity index (χ4v) is 3.48. The second-order valence-corrected chi connectivity index (χ2v) is 7.20. The van der Waals surface area contributed by atoms with Gasteiger partial charge >= 0.3 is 0 Å². The highest BCUT2D eigenvalue weighted by atomic mass is 79.9. The molecule has 0 radical (unpaired) electrons. The average molecular weight is 452 g/mol. The molecule has 0 fully saturated rings. The first-order valence-corrected chi connectivity index (χ1v) is 9.44. The van der Waals surface area contributed by atoms with Gasteiger partial charge in [0.1, 0.15) is 5.52 Å². The Morgan fingerprint density at radius 2 is 1.93 bits per heavy atom. The van der Waals surface area contributed by atoms with Crippen LogP contribution in [-0.4, -0.2) is 15.8 Å². The van der Waals surface area contributed by atoms with Gasteiger partial charge in [-0.1, -0.05) is 18.2 Å². The Balaban J connectivity index is 1.64. The van der Waals surface area contributed by atoms with E-state index in [0.717, 1.165) is 10.0 Å². The van der Waals surface area contributed by atoms with Gasteiger partial charge in [-0.15, -0.1) is 0 Å². The molecule has 4 aromatic rings. The van der Waals surface area contributed by atoms with Gasteiger partial charge in [0.2, 0.25) is 5.89 Å². The number of aromatic nitrogens is 1. The summed E-state index contributed by atoms with van der Waals surface area (Å²) in [5.41, 5.74) is 2.97. The van der Waals surface area contributed by atoms with Crippen LogP contribution in [0.2, 0.25) is 0 Å². The zero-order valence-corrected chi connectivity index (χ0v) is 16.8. The van der Waals surface area contributed by atoms with Crippen molar-refractivity contribution in [3.63, 3.8) is 0 Å². The molecule has 1 amide bonds. The molecule has 8 heteroatoms. The Bertz CT molecular complexity index is 1270. The summed E-state index contributed by atoms with van der Waals surface area (Å²) in [6.45, 7) is 1.55. The Morgan fingerprint density at radius 1 is 1.14 bits per heavy atom. The van der Waals surface area contributed by atoms with Crippen LogP contribution >= 0.6 is 15.9 Å². The molecule has 4 rings (SSSR count). The van der Waals surface area contributed by atoms with Crippen molar-refractivity contribution in [3.05, 3.63) is 86.4 Å². The van der Waals surface area contributed by atoms with E-state index in [0.29, 0.717) is 28.2 Å². The minimum Gasteiger partial charge on any atom is -0.436 e. The third kappa shape index (κ3) is 3.62. The summed E-state index contributed by atoms with van der Waals surface area (Å²) in [5.74, 6) is 0.0329. The van der Waals surface area contributed by atoms with Crippen LogP contribution in [0.3, 0.4) is 0 Å². The molecule has 0 unspecified atom stereocenters. The maximum atomic E-state index is 12.6. The largest absolute Gasteiger partial charge is 0.436 e. The second-order valence-electron chi connectivity index (χ2n) is 6.34. The Hall–Kier alpha value is -3.52. The molecule has 1 N–H and O–H groups in total.